The van der Waals surface area contributed by atoms with Crippen molar-refractivity contribution in [1.29, 1.82) is 0 Å². The highest BCUT2D eigenvalue weighted by atomic mass is 14.8. The van der Waals surface area contributed by atoms with E-state index in [2.05, 4.69) is 139 Å². The Morgan fingerprint density at radius 2 is 1.00 bits per heavy atom. The predicted octanol–water partition coefficient (Wildman–Crippen LogP) is 7.91. The van der Waals surface area contributed by atoms with E-state index >= 15 is 0 Å². The minimum atomic E-state index is -0.387. The van der Waals surface area contributed by atoms with Crippen molar-refractivity contribution < 1.29 is 0 Å². The molecule has 0 unspecified atom stereocenters. The van der Waals surface area contributed by atoms with E-state index in [4.69, 9.17) is 0 Å². The van der Waals surface area contributed by atoms with E-state index < -0.39 is 0 Å². The molecule has 168 valence electrons. The van der Waals surface area contributed by atoms with Crippen LogP contribution in [0.3, 0.4) is 0 Å². The summed E-state index contributed by atoms with van der Waals surface area (Å²) in [4.78, 5) is 0. The van der Waals surface area contributed by atoms with Gasteiger partial charge in [0.2, 0.25) is 0 Å². The third kappa shape index (κ3) is 3.24. The lowest BCUT2D eigenvalue weighted by molar-refractivity contribution is 0.768. The zero-order valence-corrected chi connectivity index (χ0v) is 19.8. The lowest BCUT2D eigenvalue weighted by Gasteiger charge is -2.34. The smallest absolute Gasteiger partial charge is 0.0713 e. The molecule has 0 heterocycles. The second kappa shape index (κ2) is 8.45. The Kier molecular flexibility index (Phi) is 5.12. The highest BCUT2D eigenvalue weighted by molar-refractivity contribution is 5.86. The fourth-order valence-electron chi connectivity index (χ4n) is 5.63. The van der Waals surface area contributed by atoms with Gasteiger partial charge in [0.25, 0.3) is 0 Å². The van der Waals surface area contributed by atoms with E-state index in [0.29, 0.717) is 0 Å². The first-order valence-corrected chi connectivity index (χ1v) is 12.1. The van der Waals surface area contributed by atoms with Crippen molar-refractivity contribution in [1.82, 2.24) is 5.32 Å². The highest BCUT2D eigenvalue weighted by Gasteiger charge is 2.45. The van der Waals surface area contributed by atoms with Crippen LogP contribution < -0.4 is 5.32 Å². The van der Waals surface area contributed by atoms with E-state index in [1.807, 2.05) is 7.05 Å². The van der Waals surface area contributed by atoms with Gasteiger partial charge >= 0.3 is 0 Å². The number of hydrogen-bond donors (Lipinski definition) is 1. The minimum absolute atomic E-state index is 0.387. The molecule has 0 amide bonds. The van der Waals surface area contributed by atoms with Gasteiger partial charge in [-0.3, -0.25) is 0 Å². The van der Waals surface area contributed by atoms with Gasteiger partial charge < -0.3 is 5.32 Å². The number of nitrogens with one attached hydrogen (secondary N) is 1. The molecule has 0 bridgehead atoms. The Morgan fingerprint density at radius 3 is 1.54 bits per heavy atom. The second-order valence-corrected chi connectivity index (χ2v) is 9.09. The normalized spacial score (nSPS) is 13.1. The Hall–Kier alpha value is -4.36. The van der Waals surface area contributed by atoms with Crippen molar-refractivity contribution in [2.75, 3.05) is 7.05 Å². The Labute approximate surface area is 207 Å². The maximum Gasteiger partial charge on any atom is 0.0713 e. The van der Waals surface area contributed by atoms with E-state index in [-0.39, 0.29) is 5.41 Å². The molecule has 0 fully saturated rings. The molecule has 35 heavy (non-hydrogen) atoms. The van der Waals surface area contributed by atoms with Crippen LogP contribution in [0.1, 0.15) is 27.8 Å². The fourth-order valence-corrected chi connectivity index (χ4v) is 5.63. The largest absolute Gasteiger partial charge is 0.388 e. The van der Waals surface area contributed by atoms with Crippen molar-refractivity contribution in [3.8, 4) is 22.3 Å². The fraction of sp³-hybridized carbons (Fsp3) is 0.0588. The first kappa shape index (κ1) is 21.2. The summed E-state index contributed by atoms with van der Waals surface area (Å²) in [6.07, 6.45) is 0. The van der Waals surface area contributed by atoms with Crippen molar-refractivity contribution >= 4 is 5.70 Å². The lowest BCUT2D eigenvalue weighted by atomic mass is 9.67. The quantitative estimate of drug-likeness (QED) is 0.282. The molecule has 1 aliphatic rings. The van der Waals surface area contributed by atoms with Crippen LogP contribution in [-0.2, 0) is 5.41 Å². The minimum Gasteiger partial charge on any atom is -0.388 e. The number of hydrogen-bond acceptors (Lipinski definition) is 1. The van der Waals surface area contributed by atoms with E-state index in [9.17, 15) is 0 Å². The summed E-state index contributed by atoms with van der Waals surface area (Å²) >= 11 is 0. The third-order valence-corrected chi connectivity index (χ3v) is 7.35. The summed E-state index contributed by atoms with van der Waals surface area (Å²) in [5.74, 6) is 0. The first-order chi connectivity index (χ1) is 17.2. The van der Waals surface area contributed by atoms with E-state index in [0.717, 1.165) is 11.3 Å². The van der Waals surface area contributed by atoms with Crippen LogP contribution in [0, 0.1) is 0 Å². The lowest BCUT2D eigenvalue weighted by Crippen LogP contribution is -2.28. The van der Waals surface area contributed by atoms with Crippen LogP contribution in [0.5, 0.6) is 0 Å². The van der Waals surface area contributed by atoms with Gasteiger partial charge in [-0.05, 0) is 50.1 Å². The molecule has 0 spiro atoms. The maximum atomic E-state index is 4.15. The molecule has 0 saturated heterocycles. The molecule has 1 heteroatoms. The second-order valence-electron chi connectivity index (χ2n) is 9.09. The molecule has 0 radical (unpaired) electrons. The van der Waals surface area contributed by atoms with Crippen LogP contribution >= 0.6 is 0 Å². The van der Waals surface area contributed by atoms with E-state index in [1.54, 1.807) is 0 Å². The molecular formula is C34H27N. The molecule has 1 nitrogen and oxygen atoms in total. The highest BCUT2D eigenvalue weighted by Crippen LogP contribution is 2.56. The summed E-state index contributed by atoms with van der Waals surface area (Å²) < 4.78 is 0. The van der Waals surface area contributed by atoms with Gasteiger partial charge in [-0.2, -0.15) is 0 Å². The van der Waals surface area contributed by atoms with Crippen LogP contribution in [-0.4, -0.2) is 7.05 Å². The van der Waals surface area contributed by atoms with Crippen molar-refractivity contribution in [2.45, 2.75) is 5.41 Å². The SMILES string of the molecule is C=C(NC)c1ccc(C2(c3ccc(-c4ccccc4)cc3)c3ccccc3-c3ccccc32)cc1. The van der Waals surface area contributed by atoms with Gasteiger partial charge in [-0.1, -0.05) is 134 Å². The van der Waals surface area contributed by atoms with Crippen LogP contribution in [0.4, 0.5) is 0 Å². The maximum absolute atomic E-state index is 4.15. The summed E-state index contributed by atoms with van der Waals surface area (Å²) in [6.45, 7) is 4.15. The Morgan fingerprint density at radius 1 is 0.543 bits per heavy atom. The topological polar surface area (TPSA) is 12.0 Å². The summed E-state index contributed by atoms with van der Waals surface area (Å²) in [5, 5.41) is 3.17. The van der Waals surface area contributed by atoms with Gasteiger partial charge in [0, 0.05) is 12.7 Å². The first-order valence-electron chi connectivity index (χ1n) is 12.1. The molecule has 5 aromatic rings. The van der Waals surface area contributed by atoms with Crippen molar-refractivity contribution in [3.63, 3.8) is 0 Å². The molecule has 0 saturated carbocycles. The number of rotatable bonds is 5. The number of benzene rings is 5. The van der Waals surface area contributed by atoms with Gasteiger partial charge in [-0.25, -0.2) is 0 Å². The van der Waals surface area contributed by atoms with Gasteiger partial charge in [0.1, 0.15) is 0 Å². The van der Waals surface area contributed by atoms with E-state index in [1.165, 1.54) is 44.5 Å². The average Bonchev–Trinajstić information content (AvgIpc) is 3.24. The zero-order chi connectivity index (χ0) is 23.8. The molecule has 1 N–H and O–H groups in total. The summed E-state index contributed by atoms with van der Waals surface area (Å²) in [7, 11) is 1.91. The average molecular weight is 450 g/mol. The van der Waals surface area contributed by atoms with Gasteiger partial charge in [0.05, 0.1) is 5.41 Å². The molecule has 0 aliphatic heterocycles. The van der Waals surface area contributed by atoms with Crippen molar-refractivity contribution in [3.05, 3.63) is 162 Å². The summed E-state index contributed by atoms with van der Waals surface area (Å²) in [5.41, 5.74) is 11.9. The van der Waals surface area contributed by atoms with Gasteiger partial charge in [-0.15, -0.1) is 0 Å². The third-order valence-electron chi connectivity index (χ3n) is 7.35. The molecule has 6 rings (SSSR count). The summed E-state index contributed by atoms with van der Waals surface area (Å²) in [6, 6.07) is 46.3. The standard InChI is InChI=1S/C34H27N/c1-24(35-2)25-16-20-28(21-17-25)34(29-22-18-27(19-23-29)26-10-4-3-5-11-26)32-14-8-6-12-30(32)31-13-7-9-15-33(31)34/h3-23,35H,1H2,2H3. The molecule has 0 atom stereocenters. The molecule has 1 aliphatic carbocycles. The Balaban J connectivity index is 1.61. The molecule has 5 aromatic carbocycles. The predicted molar refractivity (Wildman–Crippen MR) is 147 cm³/mol. The zero-order valence-electron chi connectivity index (χ0n) is 19.8. The van der Waals surface area contributed by atoms with Crippen LogP contribution in [0.15, 0.2) is 134 Å². The Bertz CT molecular complexity index is 1460. The van der Waals surface area contributed by atoms with Crippen LogP contribution in [0.25, 0.3) is 28.0 Å². The van der Waals surface area contributed by atoms with Crippen LogP contribution in [0.2, 0.25) is 0 Å². The molecular weight excluding hydrogens is 422 g/mol. The van der Waals surface area contributed by atoms with Gasteiger partial charge in [0.15, 0.2) is 0 Å². The molecule has 0 aromatic heterocycles. The van der Waals surface area contributed by atoms with Crippen molar-refractivity contribution in [2.24, 2.45) is 0 Å². The monoisotopic (exact) mass is 449 g/mol. The number of fused-ring (bicyclic) bond motifs is 3.